The van der Waals surface area contributed by atoms with Crippen molar-refractivity contribution in [1.29, 1.82) is 0 Å². The number of ether oxygens (including phenoxy) is 1. The van der Waals surface area contributed by atoms with Crippen LogP contribution in [0.4, 0.5) is 4.39 Å². The number of morpholine rings is 1. The molecule has 1 aromatic heterocycles. The van der Waals surface area contributed by atoms with Gasteiger partial charge in [0.1, 0.15) is 5.82 Å². The first-order valence-electron chi connectivity index (χ1n) is 8.12. The molecule has 122 valence electrons. The Bertz CT molecular complexity index is 649. The molecule has 2 aromatic rings. The molecule has 0 radical (unpaired) electrons. The molecule has 3 heterocycles. The maximum Gasteiger partial charge on any atom is 0.123 e. The first kappa shape index (κ1) is 14.8. The quantitative estimate of drug-likeness (QED) is 0.856. The molecule has 0 amide bonds. The van der Waals surface area contributed by atoms with Crippen molar-refractivity contribution < 1.29 is 9.13 Å². The number of rotatable bonds is 4. The first-order chi connectivity index (χ1) is 11.3. The summed E-state index contributed by atoms with van der Waals surface area (Å²) in [5.74, 6) is -0.193. The van der Waals surface area contributed by atoms with E-state index in [0.717, 1.165) is 57.2 Å². The lowest BCUT2D eigenvalue weighted by Crippen LogP contribution is -2.60. The van der Waals surface area contributed by atoms with Gasteiger partial charge in [0.15, 0.2) is 0 Å². The molecule has 2 fully saturated rings. The molecule has 2 aliphatic rings. The highest BCUT2D eigenvalue weighted by molar-refractivity contribution is 5.40. The molecule has 0 atom stereocenters. The Kier molecular flexibility index (Phi) is 4.11. The van der Waals surface area contributed by atoms with E-state index in [0.29, 0.717) is 6.04 Å². The van der Waals surface area contributed by atoms with Crippen molar-refractivity contribution in [3.8, 4) is 5.69 Å². The van der Waals surface area contributed by atoms with Gasteiger partial charge in [-0.05, 0) is 29.8 Å². The van der Waals surface area contributed by atoms with Crippen LogP contribution < -0.4 is 0 Å². The van der Waals surface area contributed by atoms with E-state index in [1.807, 2.05) is 12.3 Å². The van der Waals surface area contributed by atoms with Crippen LogP contribution in [-0.2, 0) is 11.3 Å². The smallest absolute Gasteiger partial charge is 0.123 e. The number of benzene rings is 1. The van der Waals surface area contributed by atoms with Crippen molar-refractivity contribution in [3.05, 3.63) is 48.0 Å². The summed E-state index contributed by atoms with van der Waals surface area (Å²) in [4.78, 5) is 4.86. The van der Waals surface area contributed by atoms with Gasteiger partial charge in [-0.1, -0.05) is 0 Å². The maximum atomic E-state index is 13.7. The summed E-state index contributed by atoms with van der Waals surface area (Å²) >= 11 is 0. The van der Waals surface area contributed by atoms with E-state index in [9.17, 15) is 4.39 Å². The molecule has 0 saturated carbocycles. The third kappa shape index (κ3) is 3.15. The highest BCUT2D eigenvalue weighted by Gasteiger charge is 2.32. The third-order valence-electron chi connectivity index (χ3n) is 4.69. The normalized spacial score (nSPS) is 20.6. The summed E-state index contributed by atoms with van der Waals surface area (Å²) in [5.41, 5.74) is 1.93. The molecule has 0 unspecified atom stereocenters. The van der Waals surface area contributed by atoms with Gasteiger partial charge in [0.2, 0.25) is 0 Å². The zero-order valence-corrected chi connectivity index (χ0v) is 13.1. The van der Waals surface area contributed by atoms with Crippen LogP contribution in [0.1, 0.15) is 5.56 Å². The van der Waals surface area contributed by atoms with Gasteiger partial charge in [-0.3, -0.25) is 9.80 Å². The van der Waals surface area contributed by atoms with E-state index in [2.05, 4.69) is 14.9 Å². The largest absolute Gasteiger partial charge is 0.379 e. The molecular formula is C17H21FN4O. The number of nitrogens with zero attached hydrogens (tertiary/aromatic N) is 4. The minimum Gasteiger partial charge on any atom is -0.379 e. The number of aromatic nitrogens is 2. The highest BCUT2D eigenvalue weighted by Crippen LogP contribution is 2.23. The lowest BCUT2D eigenvalue weighted by Gasteiger charge is -2.46. The fourth-order valence-corrected chi connectivity index (χ4v) is 3.40. The van der Waals surface area contributed by atoms with Gasteiger partial charge in [0.05, 0.1) is 18.9 Å². The Morgan fingerprint density at radius 2 is 2.04 bits per heavy atom. The van der Waals surface area contributed by atoms with Crippen molar-refractivity contribution in [3.63, 3.8) is 0 Å². The molecule has 0 bridgehead atoms. The first-order valence-corrected chi connectivity index (χ1v) is 8.12. The summed E-state index contributed by atoms with van der Waals surface area (Å²) in [7, 11) is 0. The van der Waals surface area contributed by atoms with Crippen molar-refractivity contribution in [2.24, 2.45) is 0 Å². The Hall–Kier alpha value is -1.76. The predicted molar refractivity (Wildman–Crippen MR) is 85.0 cm³/mol. The zero-order valence-electron chi connectivity index (χ0n) is 13.1. The van der Waals surface area contributed by atoms with Gasteiger partial charge in [0.25, 0.3) is 0 Å². The van der Waals surface area contributed by atoms with Crippen LogP contribution in [0.2, 0.25) is 0 Å². The monoisotopic (exact) mass is 316 g/mol. The minimum atomic E-state index is -0.193. The third-order valence-corrected chi connectivity index (χ3v) is 4.69. The Morgan fingerprint density at radius 1 is 1.22 bits per heavy atom. The van der Waals surface area contributed by atoms with Gasteiger partial charge in [-0.25, -0.2) is 9.07 Å². The maximum absolute atomic E-state index is 13.7. The van der Waals surface area contributed by atoms with E-state index < -0.39 is 0 Å². The van der Waals surface area contributed by atoms with Crippen molar-refractivity contribution in [1.82, 2.24) is 19.6 Å². The Balaban J connectivity index is 1.43. The second-order valence-electron chi connectivity index (χ2n) is 6.22. The summed E-state index contributed by atoms with van der Waals surface area (Å²) in [5, 5.41) is 4.27. The fraction of sp³-hybridized carbons (Fsp3) is 0.471. The van der Waals surface area contributed by atoms with Crippen LogP contribution in [-0.4, -0.2) is 65.0 Å². The lowest BCUT2D eigenvalue weighted by atomic mass is 10.0. The minimum absolute atomic E-state index is 0.193. The molecule has 0 spiro atoms. The van der Waals surface area contributed by atoms with E-state index in [1.165, 1.54) is 6.07 Å². The molecule has 0 N–H and O–H groups in total. The molecule has 6 heteroatoms. The van der Waals surface area contributed by atoms with Crippen LogP contribution in [0.25, 0.3) is 5.69 Å². The molecule has 2 saturated heterocycles. The van der Waals surface area contributed by atoms with Crippen LogP contribution in [0.5, 0.6) is 0 Å². The molecule has 2 aliphatic heterocycles. The van der Waals surface area contributed by atoms with Crippen molar-refractivity contribution in [2.45, 2.75) is 12.6 Å². The second kappa shape index (κ2) is 6.39. The molecular weight excluding hydrogens is 295 g/mol. The number of hydrogen-bond acceptors (Lipinski definition) is 4. The summed E-state index contributed by atoms with van der Waals surface area (Å²) in [6.45, 7) is 6.56. The Labute approximate surface area is 135 Å². The van der Waals surface area contributed by atoms with Crippen LogP contribution >= 0.6 is 0 Å². The summed E-state index contributed by atoms with van der Waals surface area (Å²) in [6.07, 6.45) is 3.63. The number of halogens is 1. The average molecular weight is 316 g/mol. The van der Waals surface area contributed by atoms with Gasteiger partial charge >= 0.3 is 0 Å². The Morgan fingerprint density at radius 3 is 2.78 bits per heavy atom. The summed E-state index contributed by atoms with van der Waals surface area (Å²) in [6, 6.07) is 7.41. The van der Waals surface area contributed by atoms with Gasteiger partial charge in [-0.2, -0.15) is 5.10 Å². The zero-order chi connectivity index (χ0) is 15.6. The van der Waals surface area contributed by atoms with E-state index in [-0.39, 0.29) is 5.82 Å². The molecule has 5 nitrogen and oxygen atoms in total. The van der Waals surface area contributed by atoms with Gasteiger partial charge < -0.3 is 4.74 Å². The molecule has 4 rings (SSSR count). The predicted octanol–water partition coefficient (Wildman–Crippen LogP) is 1.53. The van der Waals surface area contributed by atoms with E-state index in [4.69, 9.17) is 4.74 Å². The van der Waals surface area contributed by atoms with Crippen molar-refractivity contribution >= 4 is 0 Å². The van der Waals surface area contributed by atoms with Crippen LogP contribution in [0.3, 0.4) is 0 Å². The topological polar surface area (TPSA) is 33.5 Å². The SMILES string of the molecule is Fc1ccc(-n2cccn2)c(CN2CC(N3CCOCC3)C2)c1. The molecule has 23 heavy (non-hydrogen) atoms. The highest BCUT2D eigenvalue weighted by atomic mass is 19.1. The fourth-order valence-electron chi connectivity index (χ4n) is 3.40. The van der Waals surface area contributed by atoms with Crippen molar-refractivity contribution in [2.75, 3.05) is 39.4 Å². The summed E-state index contributed by atoms with van der Waals surface area (Å²) < 4.78 is 20.9. The van der Waals surface area contributed by atoms with E-state index >= 15 is 0 Å². The van der Waals surface area contributed by atoms with E-state index in [1.54, 1.807) is 23.0 Å². The molecule has 1 aromatic carbocycles. The molecule has 0 aliphatic carbocycles. The average Bonchev–Trinajstić information content (AvgIpc) is 3.05. The van der Waals surface area contributed by atoms with Crippen LogP contribution in [0.15, 0.2) is 36.7 Å². The second-order valence-corrected chi connectivity index (χ2v) is 6.22. The lowest BCUT2D eigenvalue weighted by molar-refractivity contribution is -0.0344. The number of likely N-dealkylation sites (tertiary alicyclic amines) is 1. The van der Waals surface area contributed by atoms with Gasteiger partial charge in [-0.15, -0.1) is 0 Å². The van der Waals surface area contributed by atoms with Crippen LogP contribution in [0, 0.1) is 5.82 Å². The van der Waals surface area contributed by atoms with Gasteiger partial charge in [0, 0.05) is 51.2 Å². The number of hydrogen-bond donors (Lipinski definition) is 0. The standard InChI is InChI=1S/C17H21FN4O/c18-15-2-3-17(22-5-1-4-19-22)14(10-15)11-20-12-16(13-20)21-6-8-23-9-7-21/h1-5,10,16H,6-9,11-13H2.